The summed E-state index contributed by atoms with van der Waals surface area (Å²) in [6.45, 7) is 6.02. The van der Waals surface area contributed by atoms with Crippen molar-refractivity contribution < 1.29 is 24.2 Å². The SMILES string of the molecule is C[C@@H]1[C@@H]([Si](C)(C)O)[C@H](CC(=O)N2CCC[C@H]2CO)O[C@@]12C(=O)Nc1ccc(-n3[nH]c4ccccc4c3=O)cc12. The van der Waals surface area contributed by atoms with Crippen molar-refractivity contribution in [1.29, 1.82) is 0 Å². The maximum Gasteiger partial charge on any atom is 0.279 e. The molecule has 6 rings (SSSR count). The van der Waals surface area contributed by atoms with Crippen LogP contribution in [0.15, 0.2) is 47.3 Å². The number of hydrogen-bond donors (Lipinski definition) is 4. The Hall–Kier alpha value is -3.25. The van der Waals surface area contributed by atoms with Gasteiger partial charge < -0.3 is 24.9 Å². The number of nitrogens with zero attached hydrogens (tertiary/aromatic N) is 2. The lowest BCUT2D eigenvalue weighted by Crippen LogP contribution is -2.44. The summed E-state index contributed by atoms with van der Waals surface area (Å²) in [5.41, 5.74) is 0.427. The monoisotopic (exact) mass is 550 g/mol. The Kier molecular flexibility index (Phi) is 6.10. The van der Waals surface area contributed by atoms with Crippen LogP contribution in [0.1, 0.15) is 31.7 Å². The highest BCUT2D eigenvalue weighted by molar-refractivity contribution is 6.71. The lowest BCUT2D eigenvalue weighted by atomic mass is 9.82. The van der Waals surface area contributed by atoms with Gasteiger partial charge in [-0.05, 0) is 56.3 Å². The molecule has 1 spiro atoms. The maximum absolute atomic E-state index is 13.7. The Morgan fingerprint density at radius 3 is 2.69 bits per heavy atom. The molecule has 0 saturated carbocycles. The summed E-state index contributed by atoms with van der Waals surface area (Å²) < 4.78 is 8.09. The van der Waals surface area contributed by atoms with Crippen LogP contribution in [0.2, 0.25) is 18.6 Å². The molecular weight excluding hydrogens is 516 g/mol. The van der Waals surface area contributed by atoms with E-state index in [1.165, 1.54) is 4.68 Å². The van der Waals surface area contributed by atoms with Crippen molar-refractivity contribution in [3.05, 3.63) is 58.4 Å². The number of para-hydroxylation sites is 1. The summed E-state index contributed by atoms with van der Waals surface area (Å²) in [4.78, 5) is 53.2. The number of rotatable bonds is 5. The third kappa shape index (κ3) is 3.90. The second kappa shape index (κ2) is 9.15. The average Bonchev–Trinajstić information content (AvgIpc) is 3.64. The maximum atomic E-state index is 13.7. The summed E-state index contributed by atoms with van der Waals surface area (Å²) in [6, 6.07) is 12.3. The van der Waals surface area contributed by atoms with Crippen molar-refractivity contribution >= 4 is 36.7 Å². The highest BCUT2D eigenvalue weighted by Gasteiger charge is 2.65. The molecule has 0 unspecified atom stereocenters. The van der Waals surface area contributed by atoms with Crippen LogP contribution >= 0.6 is 0 Å². The third-order valence-electron chi connectivity index (χ3n) is 8.86. The molecule has 0 aliphatic carbocycles. The van der Waals surface area contributed by atoms with Crippen molar-refractivity contribution in [2.45, 2.75) is 62.6 Å². The second-order valence-corrected chi connectivity index (χ2v) is 15.6. The number of aromatic amines is 1. The molecule has 206 valence electrons. The molecular formula is C28H34N4O6Si. The van der Waals surface area contributed by atoms with E-state index < -0.39 is 31.5 Å². The molecule has 3 aliphatic rings. The molecule has 2 amide bonds. The third-order valence-corrected chi connectivity index (χ3v) is 11.4. The van der Waals surface area contributed by atoms with E-state index in [1.807, 2.05) is 38.2 Å². The normalized spacial score (nSPS) is 28.4. The molecule has 5 atom stereocenters. The van der Waals surface area contributed by atoms with Crippen LogP contribution in [-0.4, -0.2) is 70.0 Å². The molecule has 2 fully saturated rings. The van der Waals surface area contributed by atoms with Gasteiger partial charge in [0.25, 0.3) is 11.5 Å². The predicted molar refractivity (Wildman–Crippen MR) is 148 cm³/mol. The van der Waals surface area contributed by atoms with E-state index >= 15 is 0 Å². The molecule has 4 heterocycles. The van der Waals surface area contributed by atoms with Gasteiger partial charge in [0.15, 0.2) is 13.9 Å². The number of carbonyl (C=O) groups is 2. The lowest BCUT2D eigenvalue weighted by molar-refractivity contribution is -0.148. The van der Waals surface area contributed by atoms with E-state index in [1.54, 1.807) is 29.2 Å². The minimum absolute atomic E-state index is 0.0219. The van der Waals surface area contributed by atoms with Crippen molar-refractivity contribution in [2.24, 2.45) is 5.92 Å². The van der Waals surface area contributed by atoms with Gasteiger partial charge in [-0.15, -0.1) is 0 Å². The van der Waals surface area contributed by atoms with E-state index in [4.69, 9.17) is 4.74 Å². The number of aliphatic hydroxyl groups excluding tert-OH is 1. The summed E-state index contributed by atoms with van der Waals surface area (Å²) in [7, 11) is -2.92. The predicted octanol–water partition coefficient (Wildman–Crippen LogP) is 2.44. The molecule has 3 aromatic rings. The molecule has 39 heavy (non-hydrogen) atoms. The zero-order valence-corrected chi connectivity index (χ0v) is 23.3. The largest absolute Gasteiger partial charge is 0.432 e. The lowest BCUT2D eigenvalue weighted by Gasteiger charge is -2.32. The standard InChI is InChI=1S/C28H34N4O6Si/c1-16-25(39(2,3)37)23(14-24(34)31-12-6-7-18(31)15-33)38-28(16)20-13-17(10-11-22(20)29-27(28)36)32-26(35)19-8-4-5-9-21(19)30-32/h4-5,8-11,13,16,18,23,25,30,33,37H,6-7,12,14-15H2,1-3H3,(H,29,36)/t16-,18+,23+,25-,28+/m1/s1. The number of likely N-dealkylation sites (tertiary alicyclic amines) is 1. The van der Waals surface area contributed by atoms with Gasteiger partial charge >= 0.3 is 0 Å². The van der Waals surface area contributed by atoms with Gasteiger partial charge in [0, 0.05) is 29.3 Å². The number of anilines is 1. The highest BCUT2D eigenvalue weighted by atomic mass is 28.4. The molecule has 0 radical (unpaired) electrons. The number of aromatic nitrogens is 2. The zero-order valence-electron chi connectivity index (χ0n) is 22.3. The molecule has 11 heteroatoms. The molecule has 1 aromatic heterocycles. The van der Waals surface area contributed by atoms with Gasteiger partial charge in [0.2, 0.25) is 5.91 Å². The fourth-order valence-electron chi connectivity index (χ4n) is 7.11. The molecule has 0 bridgehead atoms. The van der Waals surface area contributed by atoms with E-state index in [9.17, 15) is 24.3 Å². The molecule has 2 saturated heterocycles. The first-order chi connectivity index (χ1) is 18.6. The van der Waals surface area contributed by atoms with Crippen molar-refractivity contribution in [1.82, 2.24) is 14.7 Å². The number of aliphatic hydroxyl groups is 1. The second-order valence-electron chi connectivity index (χ2n) is 11.6. The van der Waals surface area contributed by atoms with E-state index in [0.717, 1.165) is 12.8 Å². The van der Waals surface area contributed by atoms with Gasteiger partial charge in [-0.2, -0.15) is 0 Å². The van der Waals surface area contributed by atoms with Crippen LogP contribution in [0.25, 0.3) is 16.6 Å². The average molecular weight is 551 g/mol. The Morgan fingerprint density at radius 2 is 1.97 bits per heavy atom. The fraction of sp³-hybridized carbons (Fsp3) is 0.464. The first-order valence-electron chi connectivity index (χ1n) is 13.5. The number of nitrogens with one attached hydrogen (secondary N) is 2. The number of amides is 2. The van der Waals surface area contributed by atoms with Gasteiger partial charge in [-0.25, -0.2) is 4.68 Å². The van der Waals surface area contributed by atoms with E-state index in [2.05, 4.69) is 10.4 Å². The fourth-order valence-corrected chi connectivity index (χ4v) is 9.66. The Labute approximate surface area is 226 Å². The molecule has 10 nitrogen and oxygen atoms in total. The number of ether oxygens (including phenoxy) is 1. The summed E-state index contributed by atoms with van der Waals surface area (Å²) >= 11 is 0. The van der Waals surface area contributed by atoms with Gasteiger partial charge in [-0.1, -0.05) is 19.1 Å². The van der Waals surface area contributed by atoms with Crippen LogP contribution in [0.3, 0.4) is 0 Å². The van der Waals surface area contributed by atoms with Gasteiger partial charge in [0.05, 0.1) is 41.8 Å². The van der Waals surface area contributed by atoms with E-state index in [0.29, 0.717) is 34.4 Å². The summed E-state index contributed by atoms with van der Waals surface area (Å²) in [6.07, 6.45) is 0.936. The number of fused-ring (bicyclic) bond motifs is 3. The minimum atomic E-state index is -2.92. The van der Waals surface area contributed by atoms with E-state index in [-0.39, 0.29) is 36.4 Å². The number of hydrogen-bond acceptors (Lipinski definition) is 6. The number of H-pyrrole nitrogens is 1. The van der Waals surface area contributed by atoms with Crippen LogP contribution < -0.4 is 10.9 Å². The molecule has 4 N–H and O–H groups in total. The zero-order chi connectivity index (χ0) is 27.7. The van der Waals surface area contributed by atoms with Crippen molar-refractivity contribution in [3.63, 3.8) is 0 Å². The van der Waals surface area contributed by atoms with Gasteiger partial charge in [0.1, 0.15) is 0 Å². The minimum Gasteiger partial charge on any atom is -0.432 e. The summed E-state index contributed by atoms with van der Waals surface area (Å²) in [5, 5.41) is 16.4. The van der Waals surface area contributed by atoms with Crippen LogP contribution in [-0.2, 0) is 19.9 Å². The van der Waals surface area contributed by atoms with Crippen molar-refractivity contribution in [2.75, 3.05) is 18.5 Å². The quantitative estimate of drug-likeness (QED) is 0.360. The number of carbonyl (C=O) groups excluding carboxylic acids is 2. The first-order valence-corrected chi connectivity index (χ1v) is 16.6. The summed E-state index contributed by atoms with van der Waals surface area (Å²) in [5.74, 6) is -0.898. The highest BCUT2D eigenvalue weighted by Crippen LogP contribution is 2.58. The van der Waals surface area contributed by atoms with Gasteiger partial charge in [-0.3, -0.25) is 19.5 Å². The van der Waals surface area contributed by atoms with Crippen LogP contribution in [0.5, 0.6) is 0 Å². The first kappa shape index (κ1) is 26.0. The number of benzene rings is 2. The van der Waals surface area contributed by atoms with Crippen LogP contribution in [0.4, 0.5) is 5.69 Å². The van der Waals surface area contributed by atoms with Crippen LogP contribution in [0, 0.1) is 5.92 Å². The topological polar surface area (TPSA) is 137 Å². The Bertz CT molecular complexity index is 1530. The Balaban J connectivity index is 1.41. The molecule has 3 aliphatic heterocycles. The Morgan fingerprint density at radius 1 is 1.21 bits per heavy atom. The molecule has 2 aromatic carbocycles. The smallest absolute Gasteiger partial charge is 0.279 e. The van der Waals surface area contributed by atoms with Crippen molar-refractivity contribution in [3.8, 4) is 5.69 Å².